The standard InChI is InChI=1S/C12H15N3O2/c1-8-3-5-10(6-4-8)12(17)15-14-9(2)7-11(13)16/h3-6H,7H2,1-2H3,(H2,13,16)(H,15,17)/b14-9-. The van der Waals surface area contributed by atoms with Gasteiger partial charge < -0.3 is 5.73 Å². The first-order valence-corrected chi connectivity index (χ1v) is 5.17. The number of nitrogens with one attached hydrogen (secondary N) is 1. The van der Waals surface area contributed by atoms with Crippen molar-refractivity contribution in [3.05, 3.63) is 35.4 Å². The minimum atomic E-state index is -0.476. The van der Waals surface area contributed by atoms with E-state index in [0.717, 1.165) is 5.56 Å². The summed E-state index contributed by atoms with van der Waals surface area (Å²) in [6.45, 7) is 3.57. The Bertz CT molecular complexity index is 449. The monoisotopic (exact) mass is 233 g/mol. The van der Waals surface area contributed by atoms with Crippen molar-refractivity contribution < 1.29 is 9.59 Å². The van der Waals surface area contributed by atoms with E-state index in [1.807, 2.05) is 19.1 Å². The summed E-state index contributed by atoms with van der Waals surface area (Å²) in [6, 6.07) is 7.11. The van der Waals surface area contributed by atoms with Crippen LogP contribution in [-0.4, -0.2) is 17.5 Å². The van der Waals surface area contributed by atoms with E-state index in [9.17, 15) is 9.59 Å². The van der Waals surface area contributed by atoms with Crippen molar-refractivity contribution in [3.63, 3.8) is 0 Å². The molecule has 1 aromatic carbocycles. The van der Waals surface area contributed by atoms with Gasteiger partial charge in [0.2, 0.25) is 5.91 Å². The molecule has 0 unspecified atom stereocenters. The summed E-state index contributed by atoms with van der Waals surface area (Å²) in [5.74, 6) is -0.787. The Balaban J connectivity index is 2.61. The number of rotatable bonds is 4. The van der Waals surface area contributed by atoms with Crippen molar-refractivity contribution in [1.82, 2.24) is 5.43 Å². The summed E-state index contributed by atoms with van der Waals surface area (Å²) in [5, 5.41) is 3.78. The Morgan fingerprint density at radius 3 is 2.41 bits per heavy atom. The maximum Gasteiger partial charge on any atom is 0.271 e. The van der Waals surface area contributed by atoms with Gasteiger partial charge in [-0.15, -0.1) is 0 Å². The van der Waals surface area contributed by atoms with E-state index in [2.05, 4.69) is 10.5 Å². The fourth-order valence-corrected chi connectivity index (χ4v) is 1.21. The number of hydrogen-bond donors (Lipinski definition) is 2. The molecule has 3 N–H and O–H groups in total. The van der Waals surface area contributed by atoms with Gasteiger partial charge in [0.1, 0.15) is 0 Å². The van der Waals surface area contributed by atoms with Crippen LogP contribution < -0.4 is 11.2 Å². The summed E-state index contributed by atoms with van der Waals surface area (Å²) < 4.78 is 0. The Kier molecular flexibility index (Phi) is 4.39. The number of nitrogens with two attached hydrogens (primary N) is 1. The summed E-state index contributed by atoms with van der Waals surface area (Å²) in [5.41, 5.74) is 9.43. The van der Waals surface area contributed by atoms with Crippen LogP contribution >= 0.6 is 0 Å². The second-order valence-corrected chi connectivity index (χ2v) is 3.80. The number of carbonyl (C=O) groups excluding carboxylic acids is 2. The topological polar surface area (TPSA) is 84.6 Å². The van der Waals surface area contributed by atoms with Gasteiger partial charge in [0.15, 0.2) is 0 Å². The predicted molar refractivity (Wildman–Crippen MR) is 65.6 cm³/mol. The van der Waals surface area contributed by atoms with Crippen LogP contribution in [0.3, 0.4) is 0 Å². The SMILES string of the molecule is C/C(CC(N)=O)=N/NC(=O)c1ccc(C)cc1. The highest BCUT2D eigenvalue weighted by Crippen LogP contribution is 2.02. The van der Waals surface area contributed by atoms with Gasteiger partial charge in [-0.1, -0.05) is 17.7 Å². The van der Waals surface area contributed by atoms with Crippen LogP contribution in [0.25, 0.3) is 0 Å². The lowest BCUT2D eigenvalue weighted by Gasteiger charge is -2.01. The molecule has 0 aliphatic heterocycles. The highest BCUT2D eigenvalue weighted by molar-refractivity contribution is 6.00. The van der Waals surface area contributed by atoms with E-state index < -0.39 is 5.91 Å². The number of hydrogen-bond acceptors (Lipinski definition) is 3. The number of amides is 2. The number of carbonyl (C=O) groups is 2. The van der Waals surface area contributed by atoms with E-state index in [1.165, 1.54) is 0 Å². The predicted octanol–water partition coefficient (Wildman–Crippen LogP) is 0.976. The molecule has 0 aliphatic rings. The molecule has 2 amide bonds. The number of hydrazone groups is 1. The fourth-order valence-electron chi connectivity index (χ4n) is 1.21. The number of benzene rings is 1. The van der Waals surface area contributed by atoms with Crippen molar-refractivity contribution >= 4 is 17.5 Å². The Hall–Kier alpha value is -2.17. The van der Waals surface area contributed by atoms with Crippen LogP contribution in [0.4, 0.5) is 0 Å². The molecular formula is C12H15N3O2. The van der Waals surface area contributed by atoms with Crippen molar-refractivity contribution in [1.29, 1.82) is 0 Å². The maximum absolute atomic E-state index is 11.6. The molecule has 0 spiro atoms. The average Bonchev–Trinajstić information content (AvgIpc) is 2.26. The molecule has 5 nitrogen and oxygen atoms in total. The van der Waals surface area contributed by atoms with Gasteiger partial charge in [0, 0.05) is 11.3 Å². The molecule has 0 saturated carbocycles. The quantitative estimate of drug-likeness (QED) is 0.600. The van der Waals surface area contributed by atoms with Crippen molar-refractivity contribution in [2.75, 3.05) is 0 Å². The Labute approximate surface area is 99.7 Å². The molecule has 1 rings (SSSR count). The van der Waals surface area contributed by atoms with E-state index >= 15 is 0 Å². The van der Waals surface area contributed by atoms with Crippen molar-refractivity contribution in [2.24, 2.45) is 10.8 Å². The van der Waals surface area contributed by atoms with Gasteiger partial charge >= 0.3 is 0 Å². The molecule has 0 bridgehead atoms. The number of nitrogens with zero attached hydrogens (tertiary/aromatic N) is 1. The molecule has 1 aromatic rings. The molecule has 0 radical (unpaired) electrons. The van der Waals surface area contributed by atoms with Crippen molar-refractivity contribution in [2.45, 2.75) is 20.3 Å². The van der Waals surface area contributed by atoms with Gasteiger partial charge in [-0.05, 0) is 26.0 Å². The third-order valence-corrected chi connectivity index (χ3v) is 2.09. The molecule has 0 fully saturated rings. The fraction of sp³-hybridized carbons (Fsp3) is 0.250. The molecule has 17 heavy (non-hydrogen) atoms. The first-order valence-electron chi connectivity index (χ1n) is 5.17. The highest BCUT2D eigenvalue weighted by Gasteiger charge is 2.04. The van der Waals surface area contributed by atoms with Gasteiger partial charge in [-0.3, -0.25) is 9.59 Å². The van der Waals surface area contributed by atoms with Gasteiger partial charge in [0.05, 0.1) is 6.42 Å². The molecule has 5 heteroatoms. The third-order valence-electron chi connectivity index (χ3n) is 2.09. The van der Waals surface area contributed by atoms with E-state index in [0.29, 0.717) is 11.3 Å². The molecule has 0 heterocycles. The van der Waals surface area contributed by atoms with Crippen LogP contribution in [0.2, 0.25) is 0 Å². The molecule has 0 aliphatic carbocycles. The molecule has 0 saturated heterocycles. The van der Waals surface area contributed by atoms with Gasteiger partial charge in [0.25, 0.3) is 5.91 Å². The van der Waals surface area contributed by atoms with E-state index in [1.54, 1.807) is 19.1 Å². The average molecular weight is 233 g/mol. The Morgan fingerprint density at radius 1 is 1.29 bits per heavy atom. The lowest BCUT2D eigenvalue weighted by atomic mass is 10.1. The number of primary amides is 1. The molecule has 0 atom stereocenters. The zero-order valence-corrected chi connectivity index (χ0v) is 9.86. The molecule has 0 aromatic heterocycles. The van der Waals surface area contributed by atoms with Gasteiger partial charge in [-0.2, -0.15) is 5.10 Å². The van der Waals surface area contributed by atoms with Crippen LogP contribution in [0, 0.1) is 6.92 Å². The van der Waals surface area contributed by atoms with Crippen LogP contribution in [0.1, 0.15) is 29.3 Å². The highest BCUT2D eigenvalue weighted by atomic mass is 16.2. The molecule has 90 valence electrons. The second kappa shape index (κ2) is 5.79. The maximum atomic E-state index is 11.6. The first kappa shape index (κ1) is 12.9. The molecular weight excluding hydrogens is 218 g/mol. The second-order valence-electron chi connectivity index (χ2n) is 3.80. The summed E-state index contributed by atoms with van der Waals surface area (Å²) >= 11 is 0. The largest absolute Gasteiger partial charge is 0.369 e. The third kappa shape index (κ3) is 4.46. The van der Waals surface area contributed by atoms with E-state index in [-0.39, 0.29) is 12.3 Å². The summed E-state index contributed by atoms with van der Waals surface area (Å²) in [7, 11) is 0. The zero-order chi connectivity index (χ0) is 12.8. The van der Waals surface area contributed by atoms with Crippen LogP contribution in [0.15, 0.2) is 29.4 Å². The minimum absolute atomic E-state index is 0.0359. The van der Waals surface area contributed by atoms with Crippen molar-refractivity contribution in [3.8, 4) is 0 Å². The number of aryl methyl sites for hydroxylation is 1. The van der Waals surface area contributed by atoms with E-state index in [4.69, 9.17) is 5.73 Å². The minimum Gasteiger partial charge on any atom is -0.369 e. The Morgan fingerprint density at radius 2 is 1.88 bits per heavy atom. The lowest BCUT2D eigenvalue weighted by Crippen LogP contribution is -2.21. The first-order chi connectivity index (χ1) is 7.99. The normalized spacial score (nSPS) is 11.1. The summed E-state index contributed by atoms with van der Waals surface area (Å²) in [6.07, 6.45) is 0.0359. The summed E-state index contributed by atoms with van der Waals surface area (Å²) in [4.78, 5) is 22.2. The lowest BCUT2D eigenvalue weighted by molar-refractivity contribution is -0.116. The van der Waals surface area contributed by atoms with Crippen LogP contribution in [-0.2, 0) is 4.79 Å². The van der Waals surface area contributed by atoms with Crippen LogP contribution in [0.5, 0.6) is 0 Å². The smallest absolute Gasteiger partial charge is 0.271 e. The zero-order valence-electron chi connectivity index (χ0n) is 9.86. The van der Waals surface area contributed by atoms with Gasteiger partial charge in [-0.25, -0.2) is 5.43 Å².